The number of aliphatic hydroxyl groups excluding tert-OH is 1. The fourth-order valence-corrected chi connectivity index (χ4v) is 8.17. The van der Waals surface area contributed by atoms with Crippen molar-refractivity contribution < 1.29 is 38.1 Å². The number of ether oxygens (including phenoxy) is 4. The number of rotatable bonds is 7. The highest BCUT2D eigenvalue weighted by atomic mass is 16.6. The van der Waals surface area contributed by atoms with Gasteiger partial charge in [0.05, 0.1) is 12.2 Å². The van der Waals surface area contributed by atoms with Crippen molar-refractivity contribution >= 4 is 11.9 Å². The number of hydrogen-bond acceptors (Lipinski definition) is 10. The minimum absolute atomic E-state index is 0.0363. The molecule has 0 bridgehead atoms. The van der Waals surface area contributed by atoms with Gasteiger partial charge in [-0.2, -0.15) is 0 Å². The topological polar surface area (TPSA) is 134 Å². The normalized spacial score (nSPS) is 35.2. The van der Waals surface area contributed by atoms with Crippen LogP contribution < -0.4 is 10.4 Å². The number of aliphatic hydroxyl groups is 1. The second-order valence-corrected chi connectivity index (χ2v) is 12.7. The van der Waals surface area contributed by atoms with E-state index in [1.165, 1.54) is 13.8 Å². The molecule has 8 atom stereocenters. The zero-order valence-corrected chi connectivity index (χ0v) is 25.2. The lowest BCUT2D eigenvalue weighted by atomic mass is 9.42. The van der Waals surface area contributed by atoms with Crippen LogP contribution in [-0.2, 0) is 23.8 Å². The van der Waals surface area contributed by atoms with E-state index in [1.54, 1.807) is 30.6 Å². The lowest BCUT2D eigenvalue weighted by Gasteiger charge is -2.66. The van der Waals surface area contributed by atoms with Gasteiger partial charge in [0.1, 0.15) is 35.4 Å². The highest BCUT2D eigenvalue weighted by molar-refractivity contribution is 5.67. The van der Waals surface area contributed by atoms with Gasteiger partial charge in [-0.25, -0.2) is 4.79 Å². The Balaban J connectivity index is 1.65. The van der Waals surface area contributed by atoms with Gasteiger partial charge in [0, 0.05) is 55.8 Å². The molecule has 0 aromatic carbocycles. The largest absolute Gasteiger partial charge is 0.484 e. The molecule has 2 saturated carbocycles. The summed E-state index contributed by atoms with van der Waals surface area (Å²) in [5.41, 5.74) is -2.39. The van der Waals surface area contributed by atoms with Crippen molar-refractivity contribution in [1.29, 1.82) is 0 Å². The highest BCUT2D eigenvalue weighted by Crippen LogP contribution is 2.67. The van der Waals surface area contributed by atoms with E-state index in [9.17, 15) is 19.5 Å². The monoisotopic (exact) mass is 583 g/mol. The number of carbonyl (C=O) groups excluding carboxylic acids is 2. The van der Waals surface area contributed by atoms with Gasteiger partial charge in [-0.3, -0.25) is 14.6 Å². The summed E-state index contributed by atoms with van der Waals surface area (Å²) < 4.78 is 30.4. The van der Waals surface area contributed by atoms with Crippen molar-refractivity contribution in [2.24, 2.45) is 22.7 Å². The van der Waals surface area contributed by atoms with Crippen LogP contribution in [0.15, 0.2) is 39.8 Å². The van der Waals surface area contributed by atoms with Crippen LogP contribution in [0.4, 0.5) is 0 Å². The molecule has 0 spiro atoms. The average molecular weight is 584 g/mol. The Morgan fingerprint density at radius 2 is 1.93 bits per heavy atom. The summed E-state index contributed by atoms with van der Waals surface area (Å²) in [4.78, 5) is 41.7. The summed E-state index contributed by atoms with van der Waals surface area (Å²) in [5.74, 6) is -1.08. The van der Waals surface area contributed by atoms with Crippen molar-refractivity contribution in [2.75, 3.05) is 13.2 Å². The molecular formula is C32H41NO9. The van der Waals surface area contributed by atoms with Gasteiger partial charge in [-0.05, 0) is 56.1 Å². The van der Waals surface area contributed by atoms with E-state index in [2.05, 4.69) is 11.9 Å². The first-order valence-electron chi connectivity index (χ1n) is 14.7. The predicted octanol–water partition coefficient (Wildman–Crippen LogP) is 4.62. The first-order chi connectivity index (χ1) is 19.8. The molecule has 2 aromatic heterocycles. The Hall–Kier alpha value is -3.24. The molecule has 228 valence electrons. The van der Waals surface area contributed by atoms with E-state index in [1.807, 2.05) is 20.8 Å². The molecule has 2 unspecified atom stereocenters. The maximum absolute atomic E-state index is 13.5. The smallest absolute Gasteiger partial charge is 0.345 e. The molecule has 0 amide bonds. The minimum Gasteiger partial charge on any atom is -0.484 e. The standard InChI is InChI=1S/C32H41NO9/c1-7-13-38-25-15-23-30(4,11-10-24(40-19(3)35)31(23,5)17-39-18(2)34)28-27(36)26-22(42-32(25,28)6)14-21(41-29(26)37)20-9-8-12-33-16-20/h8-9,12,14,16,23-25,27-28,36H,7,10-11,13,15,17H2,1-6H3/t23?,24-,25-,27-,28?,30-,31-,32+/m0/s1. The molecule has 0 radical (unpaired) electrons. The van der Waals surface area contributed by atoms with Crippen LogP contribution in [0, 0.1) is 22.7 Å². The zero-order chi connectivity index (χ0) is 30.4. The molecule has 10 heteroatoms. The highest BCUT2D eigenvalue weighted by Gasteiger charge is 2.70. The van der Waals surface area contributed by atoms with E-state index in [-0.39, 0.29) is 23.8 Å². The third-order valence-corrected chi connectivity index (χ3v) is 9.95. The number of carbonyl (C=O) groups is 2. The first-order valence-corrected chi connectivity index (χ1v) is 14.7. The van der Waals surface area contributed by atoms with E-state index in [0.29, 0.717) is 37.2 Å². The van der Waals surface area contributed by atoms with Gasteiger partial charge >= 0.3 is 17.6 Å². The molecule has 3 heterocycles. The van der Waals surface area contributed by atoms with Crippen molar-refractivity contribution in [3.8, 4) is 17.1 Å². The van der Waals surface area contributed by atoms with Crippen LogP contribution >= 0.6 is 0 Å². The van der Waals surface area contributed by atoms with Gasteiger partial charge in [-0.1, -0.05) is 20.8 Å². The first kappa shape index (κ1) is 30.2. The molecule has 2 aliphatic carbocycles. The van der Waals surface area contributed by atoms with Crippen molar-refractivity contribution in [1.82, 2.24) is 4.98 Å². The Morgan fingerprint density at radius 1 is 1.17 bits per heavy atom. The number of fused-ring (bicyclic) bond motifs is 4. The molecule has 1 N–H and O–H groups in total. The van der Waals surface area contributed by atoms with Crippen LogP contribution in [-0.4, -0.2) is 53.1 Å². The van der Waals surface area contributed by atoms with E-state index in [0.717, 1.165) is 6.42 Å². The predicted molar refractivity (Wildman–Crippen MR) is 151 cm³/mol. The summed E-state index contributed by atoms with van der Waals surface area (Å²) in [6.45, 7) is 11.3. The van der Waals surface area contributed by atoms with E-state index in [4.69, 9.17) is 23.4 Å². The number of hydrogen-bond donors (Lipinski definition) is 1. The Morgan fingerprint density at radius 3 is 2.57 bits per heavy atom. The quantitative estimate of drug-likeness (QED) is 0.460. The lowest BCUT2D eigenvalue weighted by molar-refractivity contribution is -0.274. The maximum Gasteiger partial charge on any atom is 0.345 e. The summed E-state index contributed by atoms with van der Waals surface area (Å²) in [7, 11) is 0. The van der Waals surface area contributed by atoms with Crippen molar-refractivity contribution in [2.45, 2.75) is 91.1 Å². The summed E-state index contributed by atoms with van der Waals surface area (Å²) in [6.07, 6.45) is 3.38. The number of pyridine rings is 1. The molecule has 5 rings (SSSR count). The number of esters is 2. The fourth-order valence-electron chi connectivity index (χ4n) is 8.17. The van der Waals surface area contributed by atoms with Gasteiger partial charge < -0.3 is 28.5 Å². The van der Waals surface area contributed by atoms with Crippen LogP contribution in [0.2, 0.25) is 0 Å². The maximum atomic E-state index is 13.5. The zero-order valence-electron chi connectivity index (χ0n) is 25.2. The minimum atomic E-state index is -1.22. The Bertz CT molecular complexity index is 1390. The number of nitrogens with zero attached hydrogens (tertiary/aromatic N) is 1. The van der Waals surface area contributed by atoms with Crippen molar-refractivity contribution in [3.05, 3.63) is 46.6 Å². The molecule has 2 aromatic rings. The average Bonchev–Trinajstić information content (AvgIpc) is 2.92. The number of aromatic nitrogens is 1. The molecule has 3 aliphatic rings. The second-order valence-electron chi connectivity index (χ2n) is 12.7. The van der Waals surface area contributed by atoms with Gasteiger partial charge in [0.15, 0.2) is 0 Å². The van der Waals surface area contributed by atoms with Crippen LogP contribution in [0.25, 0.3) is 11.3 Å². The molecule has 1 aliphatic heterocycles. The van der Waals surface area contributed by atoms with Crippen LogP contribution in [0.3, 0.4) is 0 Å². The summed E-state index contributed by atoms with van der Waals surface area (Å²) in [6, 6.07) is 5.18. The lowest BCUT2D eigenvalue weighted by Crippen LogP contribution is -2.71. The van der Waals surface area contributed by atoms with Crippen LogP contribution in [0.1, 0.15) is 78.9 Å². The molecule has 0 saturated heterocycles. The van der Waals surface area contributed by atoms with Gasteiger partial charge in [-0.15, -0.1) is 0 Å². The molecular weight excluding hydrogens is 542 g/mol. The SMILES string of the molecule is CCCO[C@H]1CC2[C@](C)(CC[C@H](OC(C)=O)[C@@]2(C)COC(C)=O)C2[C@@H](O)c3c(cc(-c4cccnc4)oc3=O)O[C@@]21C. The third-order valence-electron chi connectivity index (χ3n) is 9.95. The van der Waals surface area contributed by atoms with E-state index < -0.39 is 58.2 Å². The van der Waals surface area contributed by atoms with Gasteiger partial charge in [0.2, 0.25) is 0 Å². The summed E-state index contributed by atoms with van der Waals surface area (Å²) >= 11 is 0. The molecule has 2 fully saturated rings. The van der Waals surface area contributed by atoms with Gasteiger partial charge in [0.25, 0.3) is 0 Å². The Kier molecular flexibility index (Phi) is 8.00. The summed E-state index contributed by atoms with van der Waals surface area (Å²) in [5, 5.41) is 12.1. The molecule has 42 heavy (non-hydrogen) atoms. The Labute approximate surface area is 245 Å². The second kappa shape index (κ2) is 11.1. The fraction of sp³-hybridized carbons (Fsp3) is 0.625. The third kappa shape index (κ3) is 4.92. The van der Waals surface area contributed by atoms with Crippen molar-refractivity contribution in [3.63, 3.8) is 0 Å². The van der Waals surface area contributed by atoms with E-state index >= 15 is 0 Å². The van der Waals surface area contributed by atoms with Crippen LogP contribution in [0.5, 0.6) is 5.75 Å². The molecule has 10 nitrogen and oxygen atoms in total.